The molecule has 9 nitrogen and oxygen atoms in total. The Kier molecular flexibility index (Phi) is 5.03. The van der Waals surface area contributed by atoms with E-state index in [-0.39, 0.29) is 5.57 Å². The molecule has 0 spiro atoms. The zero-order valence-corrected chi connectivity index (χ0v) is 15.8. The molecule has 28 heavy (non-hydrogen) atoms. The van der Waals surface area contributed by atoms with Gasteiger partial charge < -0.3 is 34.7 Å². The lowest BCUT2D eigenvalue weighted by Gasteiger charge is -2.43. The molecule has 3 rings (SSSR count). The number of carboxylic acids is 1. The van der Waals surface area contributed by atoms with E-state index >= 15 is 0 Å². The van der Waals surface area contributed by atoms with E-state index < -0.39 is 29.4 Å². The van der Waals surface area contributed by atoms with Crippen molar-refractivity contribution in [3.8, 4) is 11.5 Å². The number of benzene rings is 1. The number of nitrogens with two attached hydrogens (primary N) is 1. The number of carboxylic acid groups (broad SMARTS) is 1. The van der Waals surface area contributed by atoms with Crippen LogP contribution in [0.3, 0.4) is 0 Å². The summed E-state index contributed by atoms with van der Waals surface area (Å²) in [5, 5.41) is 9.78. The highest BCUT2D eigenvalue weighted by atomic mass is 16.5. The second kappa shape index (κ2) is 7.16. The Labute approximate surface area is 161 Å². The number of aliphatic carboxylic acids is 1. The lowest BCUT2D eigenvalue weighted by Crippen LogP contribution is -2.53. The topological polar surface area (TPSA) is 128 Å². The summed E-state index contributed by atoms with van der Waals surface area (Å²) >= 11 is 0. The third-order valence-electron chi connectivity index (χ3n) is 5.48. The van der Waals surface area contributed by atoms with Crippen LogP contribution in [0.5, 0.6) is 11.5 Å². The molecule has 1 aromatic rings. The standard InChI is InChI=1S/C19H22N2O7/c1-26-13-6-10-4-5-21-8-12(18(24)25)19(9-22,16(28-3)17(20)23)15(21)11(10)7-14(13)27-2/h6-9,15-16H,4-5H2,1-3H3,(H2,20,23)(H,24,25). The number of fused-ring (bicyclic) bond motifs is 3. The van der Waals surface area contributed by atoms with E-state index in [1.54, 1.807) is 17.0 Å². The number of rotatable bonds is 7. The molecule has 3 atom stereocenters. The number of hydrogen-bond donors (Lipinski definition) is 2. The van der Waals surface area contributed by atoms with Gasteiger partial charge in [0.05, 0.1) is 25.8 Å². The fraction of sp³-hybridized carbons (Fsp3) is 0.421. The predicted molar refractivity (Wildman–Crippen MR) is 96.9 cm³/mol. The summed E-state index contributed by atoms with van der Waals surface area (Å²) in [6, 6.07) is 2.72. The Hall–Kier alpha value is -3.07. The Morgan fingerprint density at radius 2 is 1.93 bits per heavy atom. The molecule has 0 bridgehead atoms. The fourth-order valence-electron chi connectivity index (χ4n) is 4.32. The number of ether oxygens (including phenoxy) is 3. The second-order valence-electron chi connectivity index (χ2n) is 6.71. The van der Waals surface area contributed by atoms with Crippen molar-refractivity contribution in [3.05, 3.63) is 35.0 Å². The largest absolute Gasteiger partial charge is 0.493 e. The van der Waals surface area contributed by atoms with Gasteiger partial charge in [0.25, 0.3) is 0 Å². The summed E-state index contributed by atoms with van der Waals surface area (Å²) in [5.74, 6) is -1.28. The first-order chi connectivity index (χ1) is 13.3. The average Bonchev–Trinajstić information content (AvgIpc) is 3.03. The van der Waals surface area contributed by atoms with Crippen molar-refractivity contribution in [2.45, 2.75) is 18.6 Å². The molecule has 9 heteroatoms. The molecule has 0 saturated heterocycles. The van der Waals surface area contributed by atoms with Gasteiger partial charge in [0.2, 0.25) is 5.91 Å². The molecular formula is C19H22N2O7. The third kappa shape index (κ3) is 2.62. The number of methoxy groups -OCH3 is 3. The normalized spacial score (nSPS) is 23.9. The van der Waals surface area contributed by atoms with E-state index in [0.29, 0.717) is 36.3 Å². The number of hydrogen-bond acceptors (Lipinski definition) is 7. The van der Waals surface area contributed by atoms with Crippen molar-refractivity contribution in [3.63, 3.8) is 0 Å². The quantitative estimate of drug-likeness (QED) is 0.635. The minimum absolute atomic E-state index is 0.235. The first kappa shape index (κ1) is 19.7. The maximum Gasteiger partial charge on any atom is 0.334 e. The van der Waals surface area contributed by atoms with Crippen LogP contribution in [-0.4, -0.2) is 62.1 Å². The molecule has 2 heterocycles. The summed E-state index contributed by atoms with van der Waals surface area (Å²) in [7, 11) is 4.22. The Balaban J connectivity index is 2.29. The number of aldehydes is 1. The maximum atomic E-state index is 12.4. The zero-order chi connectivity index (χ0) is 20.6. The van der Waals surface area contributed by atoms with Crippen LogP contribution in [0.25, 0.3) is 0 Å². The molecule has 0 radical (unpaired) electrons. The Morgan fingerprint density at radius 1 is 1.29 bits per heavy atom. The van der Waals surface area contributed by atoms with E-state index in [9.17, 15) is 19.5 Å². The molecule has 1 aromatic carbocycles. The summed E-state index contributed by atoms with van der Waals surface area (Å²) in [6.45, 7) is 0.453. The van der Waals surface area contributed by atoms with Gasteiger partial charge in [-0.25, -0.2) is 4.79 Å². The van der Waals surface area contributed by atoms with Gasteiger partial charge in [-0.15, -0.1) is 0 Å². The summed E-state index contributed by atoms with van der Waals surface area (Å²) in [5.41, 5.74) is 4.97. The van der Waals surface area contributed by atoms with Crippen LogP contribution in [0.15, 0.2) is 23.9 Å². The molecule has 0 saturated carbocycles. The lowest BCUT2D eigenvalue weighted by atomic mass is 9.68. The van der Waals surface area contributed by atoms with Crippen molar-refractivity contribution >= 4 is 18.2 Å². The summed E-state index contributed by atoms with van der Waals surface area (Å²) < 4.78 is 16.0. The van der Waals surface area contributed by atoms with Crippen LogP contribution in [-0.2, 0) is 25.5 Å². The summed E-state index contributed by atoms with van der Waals surface area (Å²) in [6.07, 6.45) is 0.998. The van der Waals surface area contributed by atoms with Crippen molar-refractivity contribution in [1.82, 2.24) is 4.90 Å². The number of carbonyl (C=O) groups is 3. The first-order valence-electron chi connectivity index (χ1n) is 8.60. The average molecular weight is 390 g/mol. The van der Waals surface area contributed by atoms with E-state index in [4.69, 9.17) is 19.9 Å². The molecule has 0 fully saturated rings. The number of primary amides is 1. The Bertz CT molecular complexity index is 866. The smallest absolute Gasteiger partial charge is 0.334 e. The zero-order valence-electron chi connectivity index (χ0n) is 15.8. The van der Waals surface area contributed by atoms with Crippen molar-refractivity contribution in [2.24, 2.45) is 11.1 Å². The lowest BCUT2D eigenvalue weighted by molar-refractivity contribution is -0.147. The molecule has 150 valence electrons. The van der Waals surface area contributed by atoms with Gasteiger partial charge in [0.1, 0.15) is 11.7 Å². The van der Waals surface area contributed by atoms with Crippen LogP contribution in [0.4, 0.5) is 0 Å². The highest BCUT2D eigenvalue weighted by Crippen LogP contribution is 2.55. The van der Waals surface area contributed by atoms with Crippen LogP contribution in [0.1, 0.15) is 17.2 Å². The van der Waals surface area contributed by atoms with Gasteiger partial charge in [-0.1, -0.05) is 0 Å². The minimum Gasteiger partial charge on any atom is -0.493 e. The highest BCUT2D eigenvalue weighted by molar-refractivity contribution is 5.99. The van der Waals surface area contributed by atoms with E-state index in [1.807, 2.05) is 0 Å². The molecule has 3 N–H and O–H groups in total. The molecule has 3 unspecified atom stereocenters. The van der Waals surface area contributed by atoms with E-state index in [2.05, 4.69) is 0 Å². The number of nitrogens with zero attached hydrogens (tertiary/aromatic N) is 1. The third-order valence-corrected chi connectivity index (χ3v) is 5.48. The second-order valence-corrected chi connectivity index (χ2v) is 6.71. The molecular weight excluding hydrogens is 368 g/mol. The van der Waals surface area contributed by atoms with Crippen LogP contribution in [0, 0.1) is 5.41 Å². The molecule has 2 aliphatic heterocycles. The van der Waals surface area contributed by atoms with Crippen LogP contribution < -0.4 is 15.2 Å². The van der Waals surface area contributed by atoms with Gasteiger partial charge in [-0.2, -0.15) is 0 Å². The van der Waals surface area contributed by atoms with Gasteiger partial charge in [-0.3, -0.25) is 4.79 Å². The predicted octanol–water partition coefficient (Wildman–Crippen LogP) is 0.271. The van der Waals surface area contributed by atoms with E-state index in [0.717, 1.165) is 5.56 Å². The monoisotopic (exact) mass is 390 g/mol. The first-order valence-corrected chi connectivity index (χ1v) is 8.60. The van der Waals surface area contributed by atoms with Crippen molar-refractivity contribution in [2.75, 3.05) is 27.9 Å². The van der Waals surface area contributed by atoms with Gasteiger partial charge in [-0.05, 0) is 29.7 Å². The minimum atomic E-state index is -1.80. The number of carbonyl (C=O) groups excluding carboxylic acids is 2. The molecule has 1 amide bonds. The SMILES string of the molecule is COc1cc2c(cc1OC)C1N(C=C(C(=O)O)C1(C=O)C(OC)C(N)=O)CC2. The van der Waals surface area contributed by atoms with Gasteiger partial charge in [0.15, 0.2) is 17.6 Å². The van der Waals surface area contributed by atoms with Crippen molar-refractivity contribution < 1.29 is 33.7 Å². The van der Waals surface area contributed by atoms with Crippen molar-refractivity contribution in [1.29, 1.82) is 0 Å². The van der Waals surface area contributed by atoms with E-state index in [1.165, 1.54) is 27.5 Å². The highest BCUT2D eigenvalue weighted by Gasteiger charge is 2.60. The Morgan fingerprint density at radius 3 is 2.43 bits per heavy atom. The molecule has 0 aliphatic carbocycles. The maximum absolute atomic E-state index is 12.4. The van der Waals surface area contributed by atoms with Crippen LogP contribution >= 0.6 is 0 Å². The molecule has 0 aromatic heterocycles. The number of amides is 1. The fourth-order valence-corrected chi connectivity index (χ4v) is 4.32. The van der Waals surface area contributed by atoms with Gasteiger partial charge in [0, 0.05) is 19.9 Å². The van der Waals surface area contributed by atoms with Gasteiger partial charge >= 0.3 is 5.97 Å². The molecule has 2 aliphatic rings. The van der Waals surface area contributed by atoms with Crippen LogP contribution in [0.2, 0.25) is 0 Å². The summed E-state index contributed by atoms with van der Waals surface area (Å²) in [4.78, 5) is 38.3.